The minimum atomic E-state index is -0.0488. The second-order valence-corrected chi connectivity index (χ2v) is 6.62. The molecule has 0 N–H and O–H groups in total. The first-order valence-corrected chi connectivity index (χ1v) is 8.30. The smallest absolute Gasteiger partial charge is 0.254 e. The first-order valence-electron chi connectivity index (χ1n) is 8.30. The van der Waals surface area contributed by atoms with E-state index < -0.39 is 0 Å². The van der Waals surface area contributed by atoms with Gasteiger partial charge >= 0.3 is 0 Å². The monoisotopic (exact) mass is 316 g/mol. The molecule has 124 valence electrons. The minimum absolute atomic E-state index is 0.0176. The molecular formula is C18H24N2O3. The average Bonchev–Trinajstić information content (AvgIpc) is 2.52. The number of benzene rings is 1. The molecule has 5 heteroatoms. The number of nitrogens with zero attached hydrogens (tertiary/aromatic N) is 2. The highest BCUT2D eigenvalue weighted by molar-refractivity contribution is 5.98. The number of fused-ring (bicyclic) bond motifs is 1. The van der Waals surface area contributed by atoms with E-state index in [0.717, 1.165) is 43.7 Å². The van der Waals surface area contributed by atoms with E-state index in [9.17, 15) is 9.59 Å². The first-order chi connectivity index (χ1) is 11.0. The van der Waals surface area contributed by atoms with Crippen LogP contribution in [0.5, 0.6) is 5.75 Å². The fraction of sp³-hybridized carbons (Fsp3) is 0.556. The molecule has 0 atom stereocenters. The summed E-state index contributed by atoms with van der Waals surface area (Å²) in [4.78, 5) is 27.6. The Hall–Kier alpha value is -1.88. The van der Waals surface area contributed by atoms with Crippen LogP contribution >= 0.6 is 0 Å². The molecule has 0 spiro atoms. The normalized spacial score (nSPS) is 19.6. The van der Waals surface area contributed by atoms with Crippen molar-refractivity contribution in [3.63, 3.8) is 0 Å². The van der Waals surface area contributed by atoms with Gasteiger partial charge in [0.2, 0.25) is 0 Å². The second kappa shape index (κ2) is 6.71. The van der Waals surface area contributed by atoms with Crippen LogP contribution in [0.2, 0.25) is 0 Å². The standard InChI is InChI=1S/C18H24N2O3/c1-13(21)12-20-10-5-14-11-16(3-4-17(14)18(20)22)23-15-6-8-19(2)9-7-15/h3-4,11,15H,5-10,12H2,1-2H3. The third kappa shape index (κ3) is 3.72. The minimum Gasteiger partial charge on any atom is -0.490 e. The molecule has 1 aromatic carbocycles. The van der Waals surface area contributed by atoms with Crippen LogP contribution in [0.25, 0.3) is 0 Å². The van der Waals surface area contributed by atoms with Gasteiger partial charge in [-0.3, -0.25) is 9.59 Å². The molecule has 3 rings (SSSR count). The molecule has 1 aromatic rings. The van der Waals surface area contributed by atoms with Crippen LogP contribution in [0.1, 0.15) is 35.7 Å². The summed E-state index contributed by atoms with van der Waals surface area (Å²) in [7, 11) is 2.13. The Morgan fingerprint density at radius 3 is 2.70 bits per heavy atom. The summed E-state index contributed by atoms with van der Waals surface area (Å²) in [5.74, 6) is 0.822. The van der Waals surface area contributed by atoms with Gasteiger partial charge in [0.05, 0.1) is 6.54 Å². The molecule has 2 aliphatic rings. The fourth-order valence-corrected chi connectivity index (χ4v) is 3.30. The number of hydrogen-bond donors (Lipinski definition) is 0. The molecule has 23 heavy (non-hydrogen) atoms. The second-order valence-electron chi connectivity index (χ2n) is 6.62. The Morgan fingerprint density at radius 2 is 2.00 bits per heavy atom. The third-order valence-electron chi connectivity index (χ3n) is 4.63. The summed E-state index contributed by atoms with van der Waals surface area (Å²) < 4.78 is 6.09. The van der Waals surface area contributed by atoms with E-state index in [-0.39, 0.29) is 24.3 Å². The van der Waals surface area contributed by atoms with E-state index in [2.05, 4.69) is 11.9 Å². The zero-order valence-corrected chi connectivity index (χ0v) is 13.9. The number of hydrogen-bond acceptors (Lipinski definition) is 4. The number of ketones is 1. The highest BCUT2D eigenvalue weighted by atomic mass is 16.5. The Bertz CT molecular complexity index is 606. The van der Waals surface area contributed by atoms with Crippen LogP contribution in [0, 0.1) is 0 Å². The number of piperidine rings is 1. The number of carbonyl (C=O) groups is 2. The van der Waals surface area contributed by atoms with E-state index >= 15 is 0 Å². The van der Waals surface area contributed by atoms with Gasteiger partial charge in [-0.15, -0.1) is 0 Å². The molecule has 0 aliphatic carbocycles. The van der Waals surface area contributed by atoms with Gasteiger partial charge < -0.3 is 14.5 Å². The molecule has 2 heterocycles. The highest BCUT2D eigenvalue weighted by Gasteiger charge is 2.26. The predicted molar refractivity (Wildman–Crippen MR) is 87.9 cm³/mol. The van der Waals surface area contributed by atoms with Crippen molar-refractivity contribution in [2.24, 2.45) is 0 Å². The number of carbonyl (C=O) groups excluding carboxylic acids is 2. The SMILES string of the molecule is CC(=O)CN1CCc2cc(OC3CCN(C)CC3)ccc2C1=O. The summed E-state index contributed by atoms with van der Waals surface area (Å²) >= 11 is 0. The summed E-state index contributed by atoms with van der Waals surface area (Å²) in [6, 6.07) is 5.72. The molecule has 1 saturated heterocycles. The van der Waals surface area contributed by atoms with Gasteiger partial charge in [0, 0.05) is 25.2 Å². The van der Waals surface area contributed by atoms with Gasteiger partial charge in [-0.25, -0.2) is 0 Å². The molecule has 0 bridgehead atoms. The maximum atomic E-state index is 12.4. The Balaban J connectivity index is 1.69. The topological polar surface area (TPSA) is 49.9 Å². The van der Waals surface area contributed by atoms with Crippen molar-refractivity contribution in [2.45, 2.75) is 32.3 Å². The Labute approximate surface area is 137 Å². The molecule has 0 saturated carbocycles. The van der Waals surface area contributed by atoms with Gasteiger partial charge in [-0.1, -0.05) is 0 Å². The summed E-state index contributed by atoms with van der Waals surface area (Å²) in [6.07, 6.45) is 3.12. The van der Waals surface area contributed by atoms with Crippen LogP contribution in [0.15, 0.2) is 18.2 Å². The highest BCUT2D eigenvalue weighted by Crippen LogP contribution is 2.26. The lowest BCUT2D eigenvalue weighted by atomic mass is 9.98. The molecule has 0 unspecified atom stereocenters. The molecule has 0 radical (unpaired) electrons. The summed E-state index contributed by atoms with van der Waals surface area (Å²) in [6.45, 7) is 4.44. The molecule has 1 amide bonds. The van der Waals surface area contributed by atoms with Crippen molar-refractivity contribution in [3.05, 3.63) is 29.3 Å². The van der Waals surface area contributed by atoms with Crippen LogP contribution in [0.3, 0.4) is 0 Å². The zero-order valence-electron chi connectivity index (χ0n) is 13.9. The quantitative estimate of drug-likeness (QED) is 0.849. The number of likely N-dealkylation sites (tertiary alicyclic amines) is 1. The fourth-order valence-electron chi connectivity index (χ4n) is 3.30. The average molecular weight is 316 g/mol. The summed E-state index contributed by atoms with van der Waals surface area (Å²) in [5, 5.41) is 0. The Kier molecular flexibility index (Phi) is 4.66. The maximum Gasteiger partial charge on any atom is 0.254 e. The van der Waals surface area contributed by atoms with E-state index in [1.54, 1.807) is 4.90 Å². The van der Waals surface area contributed by atoms with Crippen molar-refractivity contribution in [1.29, 1.82) is 0 Å². The number of rotatable bonds is 4. The van der Waals surface area contributed by atoms with Crippen molar-refractivity contribution in [1.82, 2.24) is 9.80 Å². The lowest BCUT2D eigenvalue weighted by Crippen LogP contribution is -2.40. The molecule has 0 aromatic heterocycles. The number of ether oxygens (including phenoxy) is 1. The number of Topliss-reactive ketones (excluding diaryl/α,β-unsaturated/α-hetero) is 1. The van der Waals surface area contributed by atoms with Gasteiger partial charge in [-0.2, -0.15) is 0 Å². The van der Waals surface area contributed by atoms with E-state index in [0.29, 0.717) is 12.1 Å². The van der Waals surface area contributed by atoms with Gasteiger partial charge in [0.1, 0.15) is 17.6 Å². The number of amides is 1. The molecule has 2 aliphatic heterocycles. The van der Waals surface area contributed by atoms with Crippen molar-refractivity contribution in [3.8, 4) is 5.75 Å². The lowest BCUT2D eigenvalue weighted by Gasteiger charge is -2.30. The Morgan fingerprint density at radius 1 is 1.26 bits per heavy atom. The van der Waals surface area contributed by atoms with Crippen molar-refractivity contribution >= 4 is 11.7 Å². The predicted octanol–water partition coefficient (Wildman–Crippen LogP) is 1.75. The van der Waals surface area contributed by atoms with E-state index in [1.165, 1.54) is 6.92 Å². The molecule has 1 fully saturated rings. The summed E-state index contributed by atoms with van der Waals surface area (Å²) in [5.41, 5.74) is 1.73. The van der Waals surface area contributed by atoms with Crippen LogP contribution < -0.4 is 4.74 Å². The maximum absolute atomic E-state index is 12.4. The first kappa shape index (κ1) is 16.0. The van der Waals surface area contributed by atoms with Crippen molar-refractivity contribution in [2.75, 3.05) is 33.2 Å². The van der Waals surface area contributed by atoms with E-state index in [1.807, 2.05) is 18.2 Å². The lowest BCUT2D eigenvalue weighted by molar-refractivity contribution is -0.117. The van der Waals surface area contributed by atoms with Crippen molar-refractivity contribution < 1.29 is 14.3 Å². The van der Waals surface area contributed by atoms with Crippen LogP contribution in [0.4, 0.5) is 0 Å². The van der Waals surface area contributed by atoms with E-state index in [4.69, 9.17) is 4.74 Å². The molecular weight excluding hydrogens is 292 g/mol. The zero-order chi connectivity index (χ0) is 16.4. The van der Waals surface area contributed by atoms with Gasteiger partial charge in [0.25, 0.3) is 5.91 Å². The largest absolute Gasteiger partial charge is 0.490 e. The van der Waals surface area contributed by atoms with Gasteiger partial charge in [-0.05, 0) is 57.0 Å². The third-order valence-corrected chi connectivity index (χ3v) is 4.63. The van der Waals surface area contributed by atoms with Crippen LogP contribution in [-0.4, -0.2) is 60.8 Å². The molecule has 5 nitrogen and oxygen atoms in total. The van der Waals surface area contributed by atoms with Gasteiger partial charge in [0.15, 0.2) is 0 Å². The van der Waals surface area contributed by atoms with Crippen LogP contribution in [-0.2, 0) is 11.2 Å².